The Morgan fingerprint density at radius 3 is 2.42 bits per heavy atom. The summed E-state index contributed by atoms with van der Waals surface area (Å²) < 4.78 is 44.3. The number of aromatic nitrogens is 1. The van der Waals surface area contributed by atoms with Crippen molar-refractivity contribution in [1.29, 1.82) is 0 Å². The first-order chi connectivity index (χ1) is 8.73. The summed E-state index contributed by atoms with van der Waals surface area (Å²) in [5, 5.41) is 8.94. The molecule has 19 heavy (non-hydrogen) atoms. The molecule has 0 spiro atoms. The van der Waals surface area contributed by atoms with Gasteiger partial charge in [-0.15, -0.1) is 0 Å². The van der Waals surface area contributed by atoms with Gasteiger partial charge in [-0.1, -0.05) is 0 Å². The molecule has 5 nitrogen and oxygen atoms in total. The van der Waals surface area contributed by atoms with Crippen LogP contribution in [0.5, 0.6) is 5.75 Å². The largest absolute Gasteiger partial charge is 0.491 e. The first-order valence-corrected chi connectivity index (χ1v) is 5.34. The Morgan fingerprint density at radius 2 is 2.05 bits per heavy atom. The van der Waals surface area contributed by atoms with Gasteiger partial charge in [-0.25, -0.2) is 4.79 Å². The molecule has 1 aromatic heterocycles. The molecule has 0 radical (unpaired) electrons. The zero-order valence-electron chi connectivity index (χ0n) is 9.82. The third-order valence-electron chi connectivity index (χ3n) is 3.17. The summed E-state index contributed by atoms with van der Waals surface area (Å²) in [4.78, 5) is 22.4. The van der Waals surface area contributed by atoms with Gasteiger partial charge in [0.05, 0.1) is 13.3 Å². The van der Waals surface area contributed by atoms with Crippen LogP contribution in [0.3, 0.4) is 0 Å². The molecule has 0 unspecified atom stereocenters. The van der Waals surface area contributed by atoms with Crippen LogP contribution in [0.2, 0.25) is 0 Å². The van der Waals surface area contributed by atoms with E-state index in [-0.39, 0.29) is 18.6 Å². The van der Waals surface area contributed by atoms with Crippen LogP contribution in [-0.2, 0) is 5.54 Å². The molecule has 0 aromatic carbocycles. The SMILES string of the molecule is COc1cn(C2(C(F)(F)F)CC2)c(C(=O)O)cc1=O. The molecule has 1 aliphatic rings. The molecular formula is C11H10F3NO4. The van der Waals surface area contributed by atoms with Gasteiger partial charge in [-0.2, -0.15) is 13.2 Å². The number of alkyl halides is 3. The smallest absolute Gasteiger partial charge is 0.411 e. The molecule has 0 atom stereocenters. The van der Waals surface area contributed by atoms with E-state index in [1.807, 2.05) is 0 Å². The normalized spacial score (nSPS) is 17.1. The highest BCUT2D eigenvalue weighted by molar-refractivity contribution is 5.86. The number of methoxy groups -OCH3 is 1. The maximum atomic E-state index is 13.0. The van der Waals surface area contributed by atoms with Gasteiger partial charge in [0.2, 0.25) is 5.43 Å². The third kappa shape index (κ3) is 1.96. The molecule has 1 fully saturated rings. The quantitative estimate of drug-likeness (QED) is 0.911. The lowest BCUT2D eigenvalue weighted by molar-refractivity contribution is -0.180. The van der Waals surface area contributed by atoms with E-state index in [1.165, 1.54) is 0 Å². The fourth-order valence-electron chi connectivity index (χ4n) is 1.97. The van der Waals surface area contributed by atoms with Gasteiger partial charge >= 0.3 is 12.1 Å². The minimum Gasteiger partial charge on any atom is -0.491 e. The van der Waals surface area contributed by atoms with Crippen molar-refractivity contribution < 1.29 is 27.8 Å². The van der Waals surface area contributed by atoms with Gasteiger partial charge in [0.15, 0.2) is 5.75 Å². The average molecular weight is 277 g/mol. The fraction of sp³-hybridized carbons (Fsp3) is 0.455. The summed E-state index contributed by atoms with van der Waals surface area (Å²) in [5.74, 6) is -1.91. The first-order valence-electron chi connectivity index (χ1n) is 5.34. The molecule has 1 heterocycles. The number of carbonyl (C=O) groups is 1. The van der Waals surface area contributed by atoms with Crippen molar-refractivity contribution in [3.8, 4) is 5.75 Å². The van der Waals surface area contributed by atoms with Crippen LogP contribution in [0.25, 0.3) is 0 Å². The molecular weight excluding hydrogens is 267 g/mol. The van der Waals surface area contributed by atoms with Gasteiger partial charge < -0.3 is 14.4 Å². The monoisotopic (exact) mass is 277 g/mol. The first kappa shape index (κ1) is 13.4. The lowest BCUT2D eigenvalue weighted by Gasteiger charge is -2.25. The summed E-state index contributed by atoms with van der Waals surface area (Å²) in [5.41, 5.74) is -3.71. The Labute approximate surface area is 105 Å². The maximum absolute atomic E-state index is 13.0. The van der Waals surface area contributed by atoms with Crippen LogP contribution < -0.4 is 10.2 Å². The van der Waals surface area contributed by atoms with Crippen molar-refractivity contribution in [2.45, 2.75) is 24.6 Å². The molecule has 104 valence electrons. The van der Waals surface area contributed by atoms with E-state index in [9.17, 15) is 22.8 Å². The number of pyridine rings is 1. The Hall–Kier alpha value is -1.99. The number of hydrogen-bond donors (Lipinski definition) is 1. The van der Waals surface area contributed by atoms with Crippen LogP contribution in [0.4, 0.5) is 13.2 Å². The van der Waals surface area contributed by atoms with Crippen molar-refractivity contribution in [3.05, 3.63) is 28.2 Å². The van der Waals surface area contributed by atoms with Crippen LogP contribution in [-0.4, -0.2) is 28.9 Å². The van der Waals surface area contributed by atoms with Crippen molar-refractivity contribution in [2.24, 2.45) is 0 Å². The summed E-state index contributed by atoms with van der Waals surface area (Å²) in [6, 6.07) is 0.646. The predicted molar refractivity (Wildman–Crippen MR) is 57.5 cm³/mol. The number of ether oxygens (including phenoxy) is 1. The summed E-state index contributed by atoms with van der Waals surface area (Å²) in [7, 11) is 1.13. The molecule has 0 amide bonds. The topological polar surface area (TPSA) is 68.5 Å². The van der Waals surface area contributed by atoms with Crippen LogP contribution in [0.15, 0.2) is 17.1 Å². The minimum absolute atomic E-state index is 0.219. The zero-order valence-corrected chi connectivity index (χ0v) is 9.82. The molecule has 0 saturated heterocycles. The molecule has 1 N–H and O–H groups in total. The summed E-state index contributed by atoms with van der Waals surface area (Å²) >= 11 is 0. The lowest BCUT2D eigenvalue weighted by Crippen LogP contribution is -2.38. The Balaban J connectivity index is 2.69. The highest BCUT2D eigenvalue weighted by Crippen LogP contribution is 2.55. The standard InChI is InChI=1S/C11H10F3NO4/c1-19-8-5-15(6(9(17)18)4-7(8)16)10(2-3-10)11(12,13)14/h4-5H,2-3H2,1H3,(H,17,18). The van der Waals surface area contributed by atoms with Crippen LogP contribution in [0, 0.1) is 0 Å². The minimum atomic E-state index is -4.59. The number of carboxylic acid groups (broad SMARTS) is 1. The van der Waals surface area contributed by atoms with Gasteiger partial charge in [0, 0.05) is 6.07 Å². The summed E-state index contributed by atoms with van der Waals surface area (Å²) in [6.07, 6.45) is -4.21. The van der Waals surface area contributed by atoms with Crippen molar-refractivity contribution in [2.75, 3.05) is 7.11 Å². The van der Waals surface area contributed by atoms with Gasteiger partial charge in [0.25, 0.3) is 0 Å². The molecule has 8 heteroatoms. The zero-order chi connectivity index (χ0) is 14.4. The molecule has 1 saturated carbocycles. The van der Waals surface area contributed by atoms with E-state index in [4.69, 9.17) is 5.11 Å². The lowest BCUT2D eigenvalue weighted by atomic mass is 10.2. The number of nitrogens with zero attached hydrogens (tertiary/aromatic N) is 1. The average Bonchev–Trinajstić information content (AvgIpc) is 3.08. The second-order valence-corrected chi connectivity index (χ2v) is 4.30. The highest BCUT2D eigenvalue weighted by Gasteiger charge is 2.65. The van der Waals surface area contributed by atoms with E-state index >= 15 is 0 Å². The van der Waals surface area contributed by atoms with E-state index in [1.54, 1.807) is 0 Å². The number of aromatic carboxylic acids is 1. The van der Waals surface area contributed by atoms with Crippen molar-refractivity contribution in [3.63, 3.8) is 0 Å². The van der Waals surface area contributed by atoms with Crippen LogP contribution >= 0.6 is 0 Å². The Bertz CT molecular complexity index is 587. The second-order valence-electron chi connectivity index (χ2n) is 4.30. The molecule has 2 rings (SSSR count). The van der Waals surface area contributed by atoms with Crippen molar-refractivity contribution in [1.82, 2.24) is 4.57 Å². The third-order valence-corrected chi connectivity index (χ3v) is 3.17. The van der Waals surface area contributed by atoms with E-state index in [0.717, 1.165) is 13.3 Å². The van der Waals surface area contributed by atoms with Gasteiger partial charge in [-0.05, 0) is 12.8 Å². The van der Waals surface area contributed by atoms with E-state index in [0.29, 0.717) is 10.6 Å². The predicted octanol–water partition coefficient (Wildman–Crippen LogP) is 1.61. The molecule has 1 aliphatic carbocycles. The highest BCUT2D eigenvalue weighted by atomic mass is 19.4. The van der Waals surface area contributed by atoms with Gasteiger partial charge in [0.1, 0.15) is 11.2 Å². The Kier molecular flexibility index (Phi) is 2.83. The van der Waals surface area contributed by atoms with Gasteiger partial charge in [-0.3, -0.25) is 4.79 Å². The molecule has 0 bridgehead atoms. The summed E-state index contributed by atoms with van der Waals surface area (Å²) in [6.45, 7) is 0. The maximum Gasteiger partial charge on any atom is 0.411 e. The Morgan fingerprint density at radius 1 is 1.47 bits per heavy atom. The number of halogens is 3. The fourth-order valence-corrected chi connectivity index (χ4v) is 1.97. The van der Waals surface area contributed by atoms with E-state index in [2.05, 4.69) is 4.74 Å². The second kappa shape index (κ2) is 4.01. The number of hydrogen-bond acceptors (Lipinski definition) is 3. The van der Waals surface area contributed by atoms with Crippen LogP contribution in [0.1, 0.15) is 23.3 Å². The van der Waals surface area contributed by atoms with Crippen molar-refractivity contribution >= 4 is 5.97 Å². The molecule has 0 aliphatic heterocycles. The number of rotatable bonds is 3. The number of carboxylic acids is 1. The van der Waals surface area contributed by atoms with E-state index < -0.39 is 28.8 Å². The molecule has 1 aromatic rings.